The number of hydrogen-bond donors (Lipinski definition) is 1. The third-order valence-electron chi connectivity index (χ3n) is 3.85. The first-order valence-corrected chi connectivity index (χ1v) is 8.86. The number of thioether (sulfide) groups is 1. The summed E-state index contributed by atoms with van der Waals surface area (Å²) in [4.78, 5) is 0. The molecule has 0 fully saturated rings. The number of nitrogens with one attached hydrogen (secondary N) is 1. The van der Waals surface area contributed by atoms with Gasteiger partial charge in [-0.2, -0.15) is 11.8 Å². The molecule has 0 saturated carbocycles. The molecule has 18 heavy (non-hydrogen) atoms. The number of allylic oxidation sites excluding steroid dienone is 1. The summed E-state index contributed by atoms with van der Waals surface area (Å²) < 4.78 is 0. The van der Waals surface area contributed by atoms with Crippen LogP contribution in [0.25, 0.3) is 0 Å². The molecule has 0 aromatic carbocycles. The Bertz CT molecular complexity index is 237. The fraction of sp³-hybridized carbons (Fsp3) is 0.875. The van der Waals surface area contributed by atoms with Crippen molar-refractivity contribution in [1.29, 1.82) is 0 Å². The number of rotatable bonds is 7. The molecule has 0 aliphatic heterocycles. The van der Waals surface area contributed by atoms with Gasteiger partial charge in [-0.3, -0.25) is 0 Å². The second kappa shape index (κ2) is 9.91. The van der Waals surface area contributed by atoms with E-state index in [9.17, 15) is 0 Å². The first-order chi connectivity index (χ1) is 8.77. The monoisotopic (exact) mass is 269 g/mol. The van der Waals surface area contributed by atoms with E-state index in [2.05, 4.69) is 43.9 Å². The maximum absolute atomic E-state index is 3.69. The van der Waals surface area contributed by atoms with E-state index in [0.717, 1.165) is 11.8 Å². The Morgan fingerprint density at radius 2 is 2.00 bits per heavy atom. The second-order valence-corrected chi connectivity index (χ2v) is 6.87. The number of hydrogen-bond acceptors (Lipinski definition) is 2. The summed E-state index contributed by atoms with van der Waals surface area (Å²) in [6, 6.07) is 0.618. The zero-order chi connectivity index (χ0) is 13.2. The Labute approximate surface area is 118 Å². The Kier molecular flexibility index (Phi) is 8.87. The molecule has 0 aromatic heterocycles. The van der Waals surface area contributed by atoms with Gasteiger partial charge in [-0.1, -0.05) is 45.3 Å². The van der Waals surface area contributed by atoms with Gasteiger partial charge in [-0.05, 0) is 38.6 Å². The molecule has 0 spiro atoms. The van der Waals surface area contributed by atoms with Crippen LogP contribution in [0.1, 0.15) is 65.7 Å². The molecule has 0 saturated heterocycles. The zero-order valence-electron chi connectivity index (χ0n) is 12.5. The van der Waals surface area contributed by atoms with Crippen molar-refractivity contribution in [2.24, 2.45) is 0 Å². The van der Waals surface area contributed by atoms with Gasteiger partial charge >= 0.3 is 0 Å². The van der Waals surface area contributed by atoms with Crippen LogP contribution < -0.4 is 5.32 Å². The molecule has 0 amide bonds. The first kappa shape index (κ1) is 16.1. The highest BCUT2D eigenvalue weighted by Crippen LogP contribution is 2.23. The molecule has 0 radical (unpaired) electrons. The predicted octanol–water partition coefficient (Wildman–Crippen LogP) is 4.78. The van der Waals surface area contributed by atoms with Crippen molar-refractivity contribution in [3.8, 4) is 0 Å². The van der Waals surface area contributed by atoms with E-state index in [0.29, 0.717) is 6.04 Å². The number of likely N-dealkylation sites (N-methyl/N-ethyl adjacent to an activating group) is 1. The summed E-state index contributed by atoms with van der Waals surface area (Å²) in [6.07, 6.45) is 12.1. The van der Waals surface area contributed by atoms with E-state index in [1.165, 1.54) is 50.7 Å². The molecule has 1 N–H and O–H groups in total. The van der Waals surface area contributed by atoms with E-state index in [4.69, 9.17) is 0 Å². The van der Waals surface area contributed by atoms with Gasteiger partial charge in [0.05, 0.1) is 0 Å². The predicted molar refractivity (Wildman–Crippen MR) is 85.5 cm³/mol. The van der Waals surface area contributed by atoms with Crippen LogP contribution in [0, 0.1) is 0 Å². The normalized spacial score (nSPS) is 20.7. The van der Waals surface area contributed by atoms with E-state index in [1.54, 1.807) is 5.57 Å². The summed E-state index contributed by atoms with van der Waals surface area (Å²) in [5.41, 5.74) is 1.69. The van der Waals surface area contributed by atoms with Crippen LogP contribution in [0.2, 0.25) is 0 Å². The highest BCUT2D eigenvalue weighted by molar-refractivity contribution is 7.99. The molecule has 0 aromatic rings. The highest BCUT2D eigenvalue weighted by Gasteiger charge is 2.15. The van der Waals surface area contributed by atoms with Crippen LogP contribution in [0.3, 0.4) is 0 Å². The van der Waals surface area contributed by atoms with E-state index >= 15 is 0 Å². The van der Waals surface area contributed by atoms with Gasteiger partial charge in [0.25, 0.3) is 0 Å². The molecule has 1 nitrogen and oxygen atoms in total. The third-order valence-corrected chi connectivity index (χ3v) is 5.27. The second-order valence-electron chi connectivity index (χ2n) is 5.39. The van der Waals surface area contributed by atoms with Gasteiger partial charge in [0.15, 0.2) is 0 Å². The summed E-state index contributed by atoms with van der Waals surface area (Å²) in [7, 11) is 0. The van der Waals surface area contributed by atoms with Crippen LogP contribution in [-0.4, -0.2) is 23.6 Å². The van der Waals surface area contributed by atoms with Crippen molar-refractivity contribution in [2.75, 3.05) is 12.3 Å². The maximum atomic E-state index is 3.69. The average Bonchev–Trinajstić information content (AvgIpc) is 2.34. The summed E-state index contributed by atoms with van der Waals surface area (Å²) >= 11 is 2.13. The Balaban J connectivity index is 2.51. The molecular weight excluding hydrogens is 238 g/mol. The maximum Gasteiger partial charge on any atom is 0.0370 e. The Morgan fingerprint density at radius 3 is 2.72 bits per heavy atom. The molecule has 1 aliphatic carbocycles. The fourth-order valence-electron chi connectivity index (χ4n) is 2.45. The van der Waals surface area contributed by atoms with Gasteiger partial charge in [0, 0.05) is 17.0 Å². The lowest BCUT2D eigenvalue weighted by molar-refractivity contribution is 0.565. The highest BCUT2D eigenvalue weighted by atomic mass is 32.2. The van der Waals surface area contributed by atoms with Crippen LogP contribution in [0.4, 0.5) is 0 Å². The first-order valence-electron chi connectivity index (χ1n) is 7.81. The molecule has 1 aliphatic rings. The molecule has 106 valence electrons. The third kappa shape index (κ3) is 6.29. The zero-order valence-corrected chi connectivity index (χ0v) is 13.3. The van der Waals surface area contributed by atoms with Crippen molar-refractivity contribution < 1.29 is 0 Å². The van der Waals surface area contributed by atoms with E-state index in [-0.39, 0.29) is 0 Å². The average molecular weight is 269 g/mol. The molecule has 1 rings (SSSR count). The molecule has 2 heteroatoms. The summed E-state index contributed by atoms with van der Waals surface area (Å²) in [5.74, 6) is 1.24. The van der Waals surface area contributed by atoms with Crippen molar-refractivity contribution in [2.45, 2.75) is 77.0 Å². The largest absolute Gasteiger partial charge is 0.310 e. The van der Waals surface area contributed by atoms with Crippen molar-refractivity contribution in [3.05, 3.63) is 11.6 Å². The minimum Gasteiger partial charge on any atom is -0.310 e. The lowest BCUT2D eigenvalue weighted by Crippen LogP contribution is -2.34. The Hall–Kier alpha value is 0.0500. The lowest BCUT2D eigenvalue weighted by atomic mass is 9.95. The fourth-order valence-corrected chi connectivity index (χ4v) is 3.54. The molecular formula is C16H31NS. The van der Waals surface area contributed by atoms with Gasteiger partial charge in [-0.15, -0.1) is 0 Å². The van der Waals surface area contributed by atoms with Gasteiger partial charge in [0.1, 0.15) is 0 Å². The van der Waals surface area contributed by atoms with Gasteiger partial charge in [0.2, 0.25) is 0 Å². The van der Waals surface area contributed by atoms with Crippen LogP contribution in [-0.2, 0) is 0 Å². The topological polar surface area (TPSA) is 12.0 Å². The molecule has 0 heterocycles. The molecule has 2 unspecified atom stereocenters. The Morgan fingerprint density at radius 1 is 1.22 bits per heavy atom. The van der Waals surface area contributed by atoms with Gasteiger partial charge < -0.3 is 5.32 Å². The van der Waals surface area contributed by atoms with E-state index < -0.39 is 0 Å². The minimum atomic E-state index is 0.618. The minimum absolute atomic E-state index is 0.618. The smallest absolute Gasteiger partial charge is 0.0370 e. The quantitative estimate of drug-likeness (QED) is 0.668. The van der Waals surface area contributed by atoms with Crippen LogP contribution >= 0.6 is 11.8 Å². The van der Waals surface area contributed by atoms with Crippen molar-refractivity contribution >= 4 is 11.8 Å². The van der Waals surface area contributed by atoms with Gasteiger partial charge in [-0.25, -0.2) is 0 Å². The van der Waals surface area contributed by atoms with Crippen molar-refractivity contribution in [1.82, 2.24) is 5.32 Å². The van der Waals surface area contributed by atoms with Crippen molar-refractivity contribution in [3.63, 3.8) is 0 Å². The standard InChI is InChI=1S/C16H31NS/c1-4-14(3)18-13-16(17-5-2)15-11-9-7-6-8-10-12-15/h11,14,16-17H,4-10,12-13H2,1-3H3. The summed E-state index contributed by atoms with van der Waals surface area (Å²) in [6.45, 7) is 7.95. The SMILES string of the molecule is CCNC(CSC(C)CC)C1=CCCCCCC1. The molecule has 0 bridgehead atoms. The van der Waals surface area contributed by atoms with Crippen LogP contribution in [0.5, 0.6) is 0 Å². The lowest BCUT2D eigenvalue weighted by Gasteiger charge is -2.24. The van der Waals surface area contributed by atoms with Crippen LogP contribution in [0.15, 0.2) is 11.6 Å². The van der Waals surface area contributed by atoms with E-state index in [1.807, 2.05) is 0 Å². The summed E-state index contributed by atoms with van der Waals surface area (Å²) in [5, 5.41) is 4.48. The molecule has 2 atom stereocenters.